The first kappa shape index (κ1) is 15.1. The van der Waals surface area contributed by atoms with Gasteiger partial charge in [-0.05, 0) is 5.56 Å². The van der Waals surface area contributed by atoms with Crippen LogP contribution >= 0.6 is 11.3 Å². The monoisotopic (exact) mass is 317 g/mol. The van der Waals surface area contributed by atoms with Crippen LogP contribution in [0.25, 0.3) is 0 Å². The van der Waals surface area contributed by atoms with Crippen LogP contribution < -0.4 is 5.32 Å². The normalized spacial score (nSPS) is 19.0. The summed E-state index contributed by atoms with van der Waals surface area (Å²) >= 11 is 1.59. The summed E-state index contributed by atoms with van der Waals surface area (Å²) in [6.45, 7) is 3.10. The third kappa shape index (κ3) is 4.13. The topological polar surface area (TPSA) is 54.5 Å². The van der Waals surface area contributed by atoms with Crippen LogP contribution in [0.5, 0.6) is 0 Å². The maximum absolute atomic E-state index is 12.1. The average Bonchev–Trinajstić information content (AvgIpc) is 3.09. The fraction of sp³-hybridized carbons (Fsp3) is 0.375. The highest BCUT2D eigenvalue weighted by Crippen LogP contribution is 2.23. The maximum atomic E-state index is 12.1. The lowest BCUT2D eigenvalue weighted by atomic mass is 10.2. The number of aromatic nitrogens is 1. The van der Waals surface area contributed by atoms with E-state index in [2.05, 4.69) is 15.2 Å². The minimum atomic E-state index is -0.0179. The number of rotatable bonds is 5. The standard InChI is InChI=1S/C16H19N3O2S/c20-15(18-10-13-4-2-1-3-5-13)12-19-7-8-21-14(11-19)16-17-6-9-22-16/h1-6,9,14H,7-8,10-12H2,(H,18,20). The van der Waals surface area contributed by atoms with E-state index in [9.17, 15) is 4.79 Å². The molecule has 6 heteroatoms. The Kier molecular flexibility index (Phi) is 5.15. The lowest BCUT2D eigenvalue weighted by molar-refractivity contribution is -0.124. The highest BCUT2D eigenvalue weighted by Gasteiger charge is 2.24. The van der Waals surface area contributed by atoms with Crippen molar-refractivity contribution in [1.82, 2.24) is 15.2 Å². The Balaban J connectivity index is 1.47. The SMILES string of the molecule is O=C(CN1CCOC(c2nccs2)C1)NCc1ccccc1. The molecule has 0 aliphatic carbocycles. The minimum absolute atomic E-state index is 0.0179. The van der Waals surface area contributed by atoms with Crippen LogP contribution in [0.2, 0.25) is 0 Å². The second-order valence-electron chi connectivity index (χ2n) is 5.23. The number of ether oxygens (including phenoxy) is 1. The molecule has 0 saturated carbocycles. The van der Waals surface area contributed by atoms with Crippen LogP contribution in [0, 0.1) is 0 Å². The van der Waals surface area contributed by atoms with E-state index < -0.39 is 0 Å². The Morgan fingerprint density at radius 2 is 2.27 bits per heavy atom. The second-order valence-corrected chi connectivity index (χ2v) is 6.15. The molecule has 5 nitrogen and oxygen atoms in total. The number of benzene rings is 1. The zero-order valence-electron chi connectivity index (χ0n) is 12.3. The second kappa shape index (κ2) is 7.49. The van der Waals surface area contributed by atoms with Gasteiger partial charge < -0.3 is 10.1 Å². The summed E-state index contributed by atoms with van der Waals surface area (Å²) in [5, 5.41) is 5.89. The first-order valence-electron chi connectivity index (χ1n) is 7.35. The summed E-state index contributed by atoms with van der Waals surface area (Å²) in [5.41, 5.74) is 1.11. The zero-order valence-corrected chi connectivity index (χ0v) is 13.1. The summed E-state index contributed by atoms with van der Waals surface area (Å²) in [6.07, 6.45) is 1.77. The van der Waals surface area contributed by atoms with Gasteiger partial charge in [-0.15, -0.1) is 11.3 Å². The molecule has 0 bridgehead atoms. The third-order valence-corrected chi connectivity index (χ3v) is 4.44. The van der Waals surface area contributed by atoms with Crippen molar-refractivity contribution in [2.75, 3.05) is 26.2 Å². The molecule has 2 heterocycles. The van der Waals surface area contributed by atoms with Gasteiger partial charge in [-0.3, -0.25) is 9.69 Å². The van der Waals surface area contributed by atoms with Crippen molar-refractivity contribution in [1.29, 1.82) is 0 Å². The van der Waals surface area contributed by atoms with Gasteiger partial charge in [0.1, 0.15) is 11.1 Å². The van der Waals surface area contributed by atoms with E-state index in [1.165, 1.54) is 0 Å². The van der Waals surface area contributed by atoms with Crippen molar-refractivity contribution in [2.45, 2.75) is 12.6 Å². The smallest absolute Gasteiger partial charge is 0.234 e. The van der Waals surface area contributed by atoms with Crippen LogP contribution in [-0.2, 0) is 16.1 Å². The molecule has 1 fully saturated rings. The van der Waals surface area contributed by atoms with Crippen molar-refractivity contribution >= 4 is 17.2 Å². The van der Waals surface area contributed by atoms with E-state index in [4.69, 9.17) is 4.74 Å². The number of thiazole rings is 1. The molecule has 1 N–H and O–H groups in total. The van der Waals surface area contributed by atoms with Gasteiger partial charge in [-0.25, -0.2) is 4.98 Å². The quantitative estimate of drug-likeness (QED) is 0.914. The molecule has 1 unspecified atom stereocenters. The number of nitrogens with zero attached hydrogens (tertiary/aromatic N) is 2. The summed E-state index contributed by atoms with van der Waals surface area (Å²) < 4.78 is 5.74. The first-order chi connectivity index (χ1) is 10.8. The number of amides is 1. The minimum Gasteiger partial charge on any atom is -0.368 e. The van der Waals surface area contributed by atoms with E-state index in [0.717, 1.165) is 17.1 Å². The Hall–Kier alpha value is -1.76. The highest BCUT2D eigenvalue weighted by molar-refractivity contribution is 7.09. The summed E-state index contributed by atoms with van der Waals surface area (Å²) in [5.74, 6) is 0.0450. The van der Waals surface area contributed by atoms with Crippen LogP contribution in [0.3, 0.4) is 0 Å². The lowest BCUT2D eigenvalue weighted by Crippen LogP contribution is -2.44. The molecular formula is C16H19N3O2S. The van der Waals surface area contributed by atoms with Gasteiger partial charge in [-0.2, -0.15) is 0 Å². The predicted molar refractivity (Wildman–Crippen MR) is 85.5 cm³/mol. The molecule has 0 spiro atoms. The summed E-state index contributed by atoms with van der Waals surface area (Å²) in [6, 6.07) is 9.93. The van der Waals surface area contributed by atoms with Crippen LogP contribution in [0.4, 0.5) is 0 Å². The van der Waals surface area contributed by atoms with E-state index in [1.54, 1.807) is 17.5 Å². The van der Waals surface area contributed by atoms with Crippen molar-refractivity contribution < 1.29 is 9.53 Å². The number of hydrogen-bond acceptors (Lipinski definition) is 5. The van der Waals surface area contributed by atoms with Crippen molar-refractivity contribution in [2.24, 2.45) is 0 Å². The molecule has 1 atom stereocenters. The Labute approximate surface area is 133 Å². The van der Waals surface area contributed by atoms with Gasteiger partial charge in [0.15, 0.2) is 0 Å². The van der Waals surface area contributed by atoms with Crippen molar-refractivity contribution in [3.63, 3.8) is 0 Å². The number of carbonyl (C=O) groups excluding carboxylic acids is 1. The average molecular weight is 317 g/mol. The van der Waals surface area contributed by atoms with Crippen molar-refractivity contribution in [3.8, 4) is 0 Å². The van der Waals surface area contributed by atoms with Gasteiger partial charge in [0, 0.05) is 31.2 Å². The van der Waals surface area contributed by atoms with Crippen molar-refractivity contribution in [3.05, 3.63) is 52.5 Å². The van der Waals surface area contributed by atoms with Gasteiger partial charge in [-0.1, -0.05) is 30.3 Å². The van der Waals surface area contributed by atoms with Crippen LogP contribution in [0.1, 0.15) is 16.7 Å². The van der Waals surface area contributed by atoms with E-state index in [-0.39, 0.29) is 12.0 Å². The molecule has 1 aromatic carbocycles. The maximum Gasteiger partial charge on any atom is 0.234 e. The van der Waals surface area contributed by atoms with Gasteiger partial charge in [0.25, 0.3) is 0 Å². The Morgan fingerprint density at radius 3 is 3.05 bits per heavy atom. The molecule has 116 valence electrons. The van der Waals surface area contributed by atoms with E-state index >= 15 is 0 Å². The molecule has 0 radical (unpaired) electrons. The Bertz CT molecular complexity index is 589. The number of hydrogen-bond donors (Lipinski definition) is 1. The summed E-state index contributed by atoms with van der Waals surface area (Å²) in [7, 11) is 0. The third-order valence-electron chi connectivity index (χ3n) is 3.58. The number of morpholine rings is 1. The summed E-state index contributed by atoms with van der Waals surface area (Å²) in [4.78, 5) is 18.5. The molecule has 22 heavy (non-hydrogen) atoms. The predicted octanol–water partition coefficient (Wildman–Crippen LogP) is 1.83. The highest BCUT2D eigenvalue weighted by atomic mass is 32.1. The fourth-order valence-corrected chi connectivity index (χ4v) is 3.12. The van der Waals surface area contributed by atoms with E-state index in [0.29, 0.717) is 26.2 Å². The zero-order chi connectivity index (χ0) is 15.2. The van der Waals surface area contributed by atoms with Gasteiger partial charge in [0.2, 0.25) is 5.91 Å². The molecule has 3 rings (SSSR count). The number of nitrogens with one attached hydrogen (secondary N) is 1. The molecule has 1 aromatic heterocycles. The van der Waals surface area contributed by atoms with Crippen LogP contribution in [-0.4, -0.2) is 42.0 Å². The Morgan fingerprint density at radius 1 is 1.41 bits per heavy atom. The van der Waals surface area contributed by atoms with Gasteiger partial charge >= 0.3 is 0 Å². The first-order valence-corrected chi connectivity index (χ1v) is 8.23. The number of carbonyl (C=O) groups is 1. The molecular weight excluding hydrogens is 298 g/mol. The van der Waals surface area contributed by atoms with Gasteiger partial charge in [0.05, 0.1) is 13.2 Å². The van der Waals surface area contributed by atoms with E-state index in [1.807, 2.05) is 35.7 Å². The molecule has 1 amide bonds. The molecule has 1 saturated heterocycles. The largest absolute Gasteiger partial charge is 0.368 e. The van der Waals surface area contributed by atoms with Crippen LogP contribution in [0.15, 0.2) is 41.9 Å². The lowest BCUT2D eigenvalue weighted by Gasteiger charge is -2.31. The molecule has 2 aromatic rings. The fourth-order valence-electron chi connectivity index (χ4n) is 2.44. The molecule has 1 aliphatic heterocycles. The molecule has 1 aliphatic rings.